The van der Waals surface area contributed by atoms with Crippen LogP contribution < -0.4 is 10.6 Å². The number of carboxylic acid groups (broad SMARTS) is 1. The van der Waals surface area contributed by atoms with Gasteiger partial charge in [0.1, 0.15) is 0 Å². The molecule has 2 fully saturated rings. The van der Waals surface area contributed by atoms with Gasteiger partial charge in [0, 0.05) is 31.0 Å². The lowest BCUT2D eigenvalue weighted by molar-refractivity contribution is -0.237. The van der Waals surface area contributed by atoms with Crippen molar-refractivity contribution in [3.05, 3.63) is 0 Å². The molecule has 24 heavy (non-hydrogen) atoms. The normalized spacial score (nSPS) is 34.9. The van der Waals surface area contributed by atoms with Gasteiger partial charge >= 0.3 is 12.0 Å². The third-order valence-corrected chi connectivity index (χ3v) is 5.85. The van der Waals surface area contributed by atoms with Crippen LogP contribution in [-0.4, -0.2) is 53.1 Å². The molecule has 2 rings (SSSR count). The molecule has 0 aromatic rings. The van der Waals surface area contributed by atoms with Crippen LogP contribution in [0.2, 0.25) is 0 Å². The molecule has 0 radical (unpaired) electrons. The number of carbonyl (C=O) groups excluding carboxylic acids is 1. The maximum atomic E-state index is 12.1. The number of aliphatic carboxylic acids is 1. The highest BCUT2D eigenvalue weighted by Gasteiger charge is 2.59. The highest BCUT2D eigenvalue weighted by molar-refractivity contribution is 5.74. The summed E-state index contributed by atoms with van der Waals surface area (Å²) >= 11 is 0. The zero-order chi connectivity index (χ0) is 18.0. The van der Waals surface area contributed by atoms with Gasteiger partial charge in [0.05, 0.1) is 17.6 Å². The van der Waals surface area contributed by atoms with Gasteiger partial charge in [0.2, 0.25) is 0 Å². The number of ether oxygens (including phenoxy) is 1. The van der Waals surface area contributed by atoms with Crippen LogP contribution in [0.25, 0.3) is 0 Å². The van der Waals surface area contributed by atoms with E-state index in [4.69, 9.17) is 9.84 Å². The smallest absolute Gasteiger partial charge is 0.315 e. The van der Waals surface area contributed by atoms with Crippen molar-refractivity contribution >= 4 is 12.0 Å². The maximum absolute atomic E-state index is 12.1. The monoisotopic (exact) mass is 342 g/mol. The van der Waals surface area contributed by atoms with Crippen LogP contribution in [0.4, 0.5) is 4.79 Å². The number of urea groups is 1. The molecule has 0 aliphatic heterocycles. The van der Waals surface area contributed by atoms with E-state index in [9.17, 15) is 14.7 Å². The Hall–Kier alpha value is -1.34. The van der Waals surface area contributed by atoms with Crippen LogP contribution in [0.15, 0.2) is 0 Å². The van der Waals surface area contributed by atoms with Gasteiger partial charge in [-0.05, 0) is 32.6 Å². The molecule has 0 aromatic heterocycles. The standard InChI is InChI=1S/C17H30N2O5/c1-4-24-13-9-17(23,16(13,2)3)10-18-15(22)19-12-7-5-11(6-8-12)14(20)21/h11-13,23H,4-10H2,1-3H3,(H,20,21)(H2,18,19,22). The Kier molecular flexibility index (Phi) is 5.75. The summed E-state index contributed by atoms with van der Waals surface area (Å²) in [6.45, 7) is 6.61. The molecule has 2 amide bonds. The predicted molar refractivity (Wildman–Crippen MR) is 88.7 cm³/mol. The molecular weight excluding hydrogens is 312 g/mol. The molecule has 138 valence electrons. The molecule has 4 N–H and O–H groups in total. The van der Waals surface area contributed by atoms with E-state index in [2.05, 4.69) is 10.6 Å². The number of carbonyl (C=O) groups is 2. The minimum Gasteiger partial charge on any atom is -0.481 e. The van der Waals surface area contributed by atoms with Crippen molar-refractivity contribution < 1.29 is 24.5 Å². The van der Waals surface area contributed by atoms with Crippen molar-refractivity contribution in [3.63, 3.8) is 0 Å². The molecule has 0 saturated heterocycles. The maximum Gasteiger partial charge on any atom is 0.315 e. The van der Waals surface area contributed by atoms with E-state index in [0.717, 1.165) is 0 Å². The number of nitrogens with one attached hydrogen (secondary N) is 2. The number of carboxylic acids is 1. The van der Waals surface area contributed by atoms with E-state index in [1.807, 2.05) is 20.8 Å². The van der Waals surface area contributed by atoms with Crippen LogP contribution in [0.5, 0.6) is 0 Å². The van der Waals surface area contributed by atoms with Crippen molar-refractivity contribution in [1.82, 2.24) is 10.6 Å². The highest BCUT2D eigenvalue weighted by atomic mass is 16.5. The quantitative estimate of drug-likeness (QED) is 0.585. The minimum atomic E-state index is -0.967. The molecule has 7 heteroatoms. The molecule has 0 heterocycles. The molecule has 2 atom stereocenters. The average molecular weight is 342 g/mol. The topological polar surface area (TPSA) is 108 Å². The second-order valence-corrected chi connectivity index (χ2v) is 7.62. The summed E-state index contributed by atoms with van der Waals surface area (Å²) in [5, 5.41) is 25.3. The van der Waals surface area contributed by atoms with E-state index < -0.39 is 17.0 Å². The van der Waals surface area contributed by atoms with Crippen LogP contribution in [0.3, 0.4) is 0 Å². The van der Waals surface area contributed by atoms with Gasteiger partial charge in [-0.3, -0.25) is 4.79 Å². The van der Waals surface area contributed by atoms with E-state index in [1.54, 1.807) is 0 Å². The zero-order valence-electron chi connectivity index (χ0n) is 14.8. The van der Waals surface area contributed by atoms with Crippen LogP contribution in [0, 0.1) is 11.3 Å². The van der Waals surface area contributed by atoms with Gasteiger partial charge in [-0.25, -0.2) is 4.79 Å². The van der Waals surface area contributed by atoms with Gasteiger partial charge in [-0.2, -0.15) is 0 Å². The van der Waals surface area contributed by atoms with Gasteiger partial charge in [0.25, 0.3) is 0 Å². The van der Waals surface area contributed by atoms with E-state index in [0.29, 0.717) is 38.7 Å². The second kappa shape index (κ2) is 7.27. The molecule has 0 aromatic carbocycles. The summed E-state index contributed by atoms with van der Waals surface area (Å²) < 4.78 is 5.61. The number of rotatable bonds is 6. The number of aliphatic hydroxyl groups is 1. The van der Waals surface area contributed by atoms with E-state index in [-0.39, 0.29) is 30.6 Å². The SMILES string of the molecule is CCOC1CC(O)(CNC(=O)NC2CCC(C(=O)O)CC2)C1(C)C. The van der Waals surface area contributed by atoms with Crippen LogP contribution in [0.1, 0.15) is 52.9 Å². The number of hydrogen-bond acceptors (Lipinski definition) is 4. The fraction of sp³-hybridized carbons (Fsp3) is 0.882. The average Bonchev–Trinajstić information content (AvgIpc) is 2.53. The summed E-state index contributed by atoms with van der Waals surface area (Å²) in [4.78, 5) is 23.0. The van der Waals surface area contributed by atoms with Gasteiger partial charge in [-0.15, -0.1) is 0 Å². The Morgan fingerprint density at radius 2 is 1.83 bits per heavy atom. The molecular formula is C17H30N2O5. The lowest BCUT2D eigenvalue weighted by Crippen LogP contribution is -2.69. The molecule has 2 unspecified atom stereocenters. The van der Waals surface area contributed by atoms with Gasteiger partial charge in [0.15, 0.2) is 0 Å². The first kappa shape index (κ1) is 19.0. The Labute approximate surface area is 143 Å². The number of amides is 2. The Balaban J connectivity index is 1.73. The summed E-state index contributed by atoms with van der Waals surface area (Å²) in [5.41, 5.74) is -1.37. The van der Waals surface area contributed by atoms with E-state index >= 15 is 0 Å². The first-order chi connectivity index (χ1) is 11.2. The van der Waals surface area contributed by atoms with Gasteiger partial charge in [-0.1, -0.05) is 13.8 Å². The minimum absolute atomic E-state index is 0.000756. The first-order valence-corrected chi connectivity index (χ1v) is 8.80. The Bertz CT molecular complexity index is 474. The zero-order valence-corrected chi connectivity index (χ0v) is 14.8. The fourth-order valence-electron chi connectivity index (χ4n) is 3.71. The molecule has 0 spiro atoms. The van der Waals surface area contributed by atoms with Crippen molar-refractivity contribution in [3.8, 4) is 0 Å². The third kappa shape index (κ3) is 3.83. The van der Waals surface area contributed by atoms with Crippen molar-refractivity contribution in [2.24, 2.45) is 11.3 Å². The molecule has 0 bridgehead atoms. The molecule has 2 aliphatic carbocycles. The van der Waals surface area contributed by atoms with Gasteiger partial charge < -0.3 is 25.6 Å². The summed E-state index contributed by atoms with van der Waals surface area (Å²) in [6.07, 6.45) is 3.04. The summed E-state index contributed by atoms with van der Waals surface area (Å²) in [7, 11) is 0. The number of hydrogen-bond donors (Lipinski definition) is 4. The molecule has 7 nitrogen and oxygen atoms in total. The van der Waals surface area contributed by atoms with Crippen LogP contribution in [-0.2, 0) is 9.53 Å². The lowest BCUT2D eigenvalue weighted by Gasteiger charge is -2.57. The predicted octanol–water partition coefficient (Wildman–Crippen LogP) is 1.50. The lowest BCUT2D eigenvalue weighted by atomic mass is 9.56. The van der Waals surface area contributed by atoms with Crippen molar-refractivity contribution in [1.29, 1.82) is 0 Å². The molecule has 2 saturated carbocycles. The van der Waals surface area contributed by atoms with Crippen molar-refractivity contribution in [2.45, 2.75) is 70.6 Å². The highest BCUT2D eigenvalue weighted by Crippen LogP contribution is 2.50. The van der Waals surface area contributed by atoms with E-state index in [1.165, 1.54) is 0 Å². The third-order valence-electron chi connectivity index (χ3n) is 5.85. The fourth-order valence-corrected chi connectivity index (χ4v) is 3.71. The largest absolute Gasteiger partial charge is 0.481 e. The first-order valence-electron chi connectivity index (χ1n) is 8.80. The summed E-state index contributed by atoms with van der Waals surface area (Å²) in [5.74, 6) is -1.05. The Morgan fingerprint density at radius 3 is 2.33 bits per heavy atom. The van der Waals surface area contributed by atoms with Crippen LogP contribution >= 0.6 is 0 Å². The summed E-state index contributed by atoms with van der Waals surface area (Å²) in [6, 6.07) is -0.307. The Morgan fingerprint density at radius 1 is 1.21 bits per heavy atom. The van der Waals surface area contributed by atoms with Crippen molar-refractivity contribution in [2.75, 3.05) is 13.2 Å². The second-order valence-electron chi connectivity index (χ2n) is 7.62. The molecule has 2 aliphatic rings.